The van der Waals surface area contributed by atoms with Crippen LogP contribution in [-0.4, -0.2) is 50.3 Å². The zero-order valence-corrected chi connectivity index (χ0v) is 10.7. The number of rotatable bonds is 5. The lowest BCUT2D eigenvalue weighted by Gasteiger charge is -2.42. The van der Waals surface area contributed by atoms with Gasteiger partial charge in [-0.3, -0.25) is 4.90 Å². The van der Waals surface area contributed by atoms with Crippen LogP contribution in [0.4, 0.5) is 0 Å². The lowest BCUT2D eigenvalue weighted by atomic mass is 9.84. The SMILES string of the molecule is CCN(CC1CCC1)C1COCCC1NC. The summed E-state index contributed by atoms with van der Waals surface area (Å²) in [6.45, 7) is 6.54. The van der Waals surface area contributed by atoms with Gasteiger partial charge in [0.2, 0.25) is 0 Å². The van der Waals surface area contributed by atoms with Crippen molar-refractivity contribution in [1.29, 1.82) is 0 Å². The molecule has 3 nitrogen and oxygen atoms in total. The Morgan fingerprint density at radius 1 is 1.31 bits per heavy atom. The van der Waals surface area contributed by atoms with E-state index in [2.05, 4.69) is 24.2 Å². The van der Waals surface area contributed by atoms with Crippen molar-refractivity contribution in [2.45, 2.75) is 44.7 Å². The first-order valence-corrected chi connectivity index (χ1v) is 6.84. The third kappa shape index (κ3) is 2.76. The van der Waals surface area contributed by atoms with E-state index in [1.807, 2.05) is 0 Å². The van der Waals surface area contributed by atoms with Gasteiger partial charge in [-0.2, -0.15) is 0 Å². The topological polar surface area (TPSA) is 24.5 Å². The fourth-order valence-corrected chi connectivity index (χ4v) is 2.93. The Kier molecular flexibility index (Phi) is 4.62. The van der Waals surface area contributed by atoms with E-state index in [0.717, 1.165) is 32.1 Å². The summed E-state index contributed by atoms with van der Waals surface area (Å²) < 4.78 is 5.65. The summed E-state index contributed by atoms with van der Waals surface area (Å²) in [4.78, 5) is 2.63. The third-order valence-electron chi connectivity index (χ3n) is 4.29. The number of hydrogen-bond donors (Lipinski definition) is 1. The van der Waals surface area contributed by atoms with E-state index in [1.54, 1.807) is 0 Å². The number of likely N-dealkylation sites (N-methyl/N-ethyl adjacent to an activating group) is 2. The van der Waals surface area contributed by atoms with E-state index < -0.39 is 0 Å². The van der Waals surface area contributed by atoms with Gasteiger partial charge in [0.1, 0.15) is 0 Å². The molecule has 1 N–H and O–H groups in total. The second-order valence-electron chi connectivity index (χ2n) is 5.21. The van der Waals surface area contributed by atoms with Crippen molar-refractivity contribution in [2.75, 3.05) is 33.4 Å². The maximum atomic E-state index is 5.65. The van der Waals surface area contributed by atoms with Crippen molar-refractivity contribution in [2.24, 2.45) is 5.92 Å². The van der Waals surface area contributed by atoms with E-state index in [9.17, 15) is 0 Å². The van der Waals surface area contributed by atoms with Crippen LogP contribution in [0.1, 0.15) is 32.6 Å². The van der Waals surface area contributed by atoms with Crippen molar-refractivity contribution in [3.05, 3.63) is 0 Å². The highest BCUT2D eigenvalue weighted by Crippen LogP contribution is 2.28. The van der Waals surface area contributed by atoms with Crippen molar-refractivity contribution < 1.29 is 4.74 Å². The molecule has 1 saturated heterocycles. The zero-order chi connectivity index (χ0) is 11.4. The van der Waals surface area contributed by atoms with Crippen LogP contribution in [0.3, 0.4) is 0 Å². The number of nitrogens with zero attached hydrogens (tertiary/aromatic N) is 1. The van der Waals surface area contributed by atoms with Gasteiger partial charge in [-0.1, -0.05) is 13.3 Å². The molecule has 16 heavy (non-hydrogen) atoms. The molecule has 2 atom stereocenters. The minimum absolute atomic E-state index is 0.587. The molecular formula is C13H26N2O. The average molecular weight is 226 g/mol. The number of ether oxygens (including phenoxy) is 1. The first-order valence-electron chi connectivity index (χ1n) is 6.84. The van der Waals surface area contributed by atoms with E-state index in [0.29, 0.717) is 12.1 Å². The molecule has 3 heteroatoms. The Bertz CT molecular complexity index is 206. The minimum atomic E-state index is 0.587. The Labute approximate surface area is 99.5 Å². The molecular weight excluding hydrogens is 200 g/mol. The van der Waals surface area contributed by atoms with Gasteiger partial charge in [0.05, 0.1) is 6.61 Å². The molecule has 2 unspecified atom stereocenters. The summed E-state index contributed by atoms with van der Waals surface area (Å²) in [6.07, 6.45) is 5.48. The minimum Gasteiger partial charge on any atom is -0.380 e. The van der Waals surface area contributed by atoms with Crippen LogP contribution in [0.2, 0.25) is 0 Å². The van der Waals surface area contributed by atoms with Crippen LogP contribution in [-0.2, 0) is 4.74 Å². The summed E-state index contributed by atoms with van der Waals surface area (Å²) in [5.74, 6) is 0.958. The highest BCUT2D eigenvalue weighted by molar-refractivity contribution is 4.88. The lowest BCUT2D eigenvalue weighted by molar-refractivity contribution is -0.00930. The first-order chi connectivity index (χ1) is 7.85. The molecule has 94 valence electrons. The van der Waals surface area contributed by atoms with Crippen LogP contribution in [0, 0.1) is 5.92 Å². The van der Waals surface area contributed by atoms with Gasteiger partial charge in [-0.15, -0.1) is 0 Å². The number of hydrogen-bond acceptors (Lipinski definition) is 3. The molecule has 1 aliphatic carbocycles. The summed E-state index contributed by atoms with van der Waals surface area (Å²) in [7, 11) is 2.08. The molecule has 1 heterocycles. The quantitative estimate of drug-likeness (QED) is 0.768. The van der Waals surface area contributed by atoms with Crippen LogP contribution >= 0.6 is 0 Å². The zero-order valence-electron chi connectivity index (χ0n) is 10.7. The van der Waals surface area contributed by atoms with Crippen molar-refractivity contribution in [3.8, 4) is 0 Å². The van der Waals surface area contributed by atoms with E-state index >= 15 is 0 Å². The molecule has 0 aromatic rings. The average Bonchev–Trinajstić information content (AvgIpc) is 2.28. The lowest BCUT2D eigenvalue weighted by Crippen LogP contribution is -2.55. The largest absolute Gasteiger partial charge is 0.380 e. The van der Waals surface area contributed by atoms with Crippen molar-refractivity contribution >= 4 is 0 Å². The summed E-state index contributed by atoms with van der Waals surface area (Å²) in [5, 5.41) is 3.46. The second kappa shape index (κ2) is 5.99. The Balaban J connectivity index is 1.88. The van der Waals surface area contributed by atoms with Gasteiger partial charge in [0, 0.05) is 25.2 Å². The fraction of sp³-hybridized carbons (Fsp3) is 1.00. The molecule has 0 radical (unpaired) electrons. The third-order valence-corrected chi connectivity index (χ3v) is 4.29. The molecule has 0 aromatic heterocycles. The molecule has 0 spiro atoms. The summed E-state index contributed by atoms with van der Waals surface area (Å²) >= 11 is 0. The predicted octanol–water partition coefficient (Wildman–Crippen LogP) is 1.49. The van der Waals surface area contributed by atoms with Gasteiger partial charge < -0.3 is 10.1 Å². The van der Waals surface area contributed by atoms with Crippen molar-refractivity contribution in [1.82, 2.24) is 10.2 Å². The highest BCUT2D eigenvalue weighted by atomic mass is 16.5. The van der Waals surface area contributed by atoms with Crippen LogP contribution < -0.4 is 5.32 Å². The fourth-order valence-electron chi connectivity index (χ4n) is 2.93. The molecule has 2 fully saturated rings. The molecule has 2 rings (SSSR count). The highest BCUT2D eigenvalue weighted by Gasteiger charge is 2.31. The predicted molar refractivity (Wildman–Crippen MR) is 66.7 cm³/mol. The second-order valence-corrected chi connectivity index (χ2v) is 5.21. The van der Waals surface area contributed by atoms with Gasteiger partial charge >= 0.3 is 0 Å². The molecule has 2 aliphatic rings. The Morgan fingerprint density at radius 3 is 2.69 bits per heavy atom. The smallest absolute Gasteiger partial charge is 0.0637 e. The Hall–Kier alpha value is -0.120. The monoisotopic (exact) mass is 226 g/mol. The van der Waals surface area contributed by atoms with Gasteiger partial charge in [0.25, 0.3) is 0 Å². The normalized spacial score (nSPS) is 31.7. The number of nitrogens with one attached hydrogen (secondary N) is 1. The van der Waals surface area contributed by atoms with Gasteiger partial charge in [-0.25, -0.2) is 0 Å². The summed E-state index contributed by atoms with van der Waals surface area (Å²) in [5.41, 5.74) is 0. The van der Waals surface area contributed by atoms with E-state index in [4.69, 9.17) is 4.74 Å². The maximum absolute atomic E-state index is 5.65. The van der Waals surface area contributed by atoms with Gasteiger partial charge in [0.15, 0.2) is 0 Å². The summed E-state index contributed by atoms with van der Waals surface area (Å²) in [6, 6.07) is 1.21. The van der Waals surface area contributed by atoms with Crippen LogP contribution in [0.5, 0.6) is 0 Å². The molecule has 0 bridgehead atoms. The van der Waals surface area contributed by atoms with Crippen molar-refractivity contribution in [3.63, 3.8) is 0 Å². The van der Waals surface area contributed by atoms with E-state index in [1.165, 1.54) is 25.8 Å². The van der Waals surface area contributed by atoms with Gasteiger partial charge in [-0.05, 0) is 38.8 Å². The first kappa shape index (κ1) is 12.3. The van der Waals surface area contributed by atoms with Crippen LogP contribution in [0.15, 0.2) is 0 Å². The molecule has 1 aliphatic heterocycles. The van der Waals surface area contributed by atoms with Crippen LogP contribution in [0.25, 0.3) is 0 Å². The Morgan fingerprint density at radius 2 is 2.12 bits per heavy atom. The van der Waals surface area contributed by atoms with E-state index in [-0.39, 0.29) is 0 Å². The molecule has 1 saturated carbocycles. The maximum Gasteiger partial charge on any atom is 0.0637 e. The molecule has 0 aromatic carbocycles. The standard InChI is InChI=1S/C13H26N2O/c1-3-15(9-11-5-4-6-11)13-10-16-8-7-12(13)14-2/h11-14H,3-10H2,1-2H3. The molecule has 0 amide bonds.